The van der Waals surface area contributed by atoms with Crippen LogP contribution in [0.4, 0.5) is 0 Å². The molecular weight excluding hydrogens is 352 g/mol. The minimum Gasteiger partial charge on any atom is -0.333 e. The second kappa shape index (κ2) is 7.22. The Labute approximate surface area is 165 Å². The van der Waals surface area contributed by atoms with E-state index in [-0.39, 0.29) is 11.9 Å². The lowest BCUT2D eigenvalue weighted by Crippen LogP contribution is -2.42. The largest absolute Gasteiger partial charge is 0.333 e. The van der Waals surface area contributed by atoms with E-state index >= 15 is 0 Å². The number of aromatic nitrogens is 3. The van der Waals surface area contributed by atoms with Gasteiger partial charge in [-0.3, -0.25) is 19.9 Å². The minimum atomic E-state index is -0.249. The molecule has 0 aromatic carbocycles. The SMILES string of the molecule is Cc1cc(-c2cnn(C)c2)cc(C2=CCN(C(=O)C3CC(C(C)C)=NN3)C2)n1. The third-order valence-corrected chi connectivity index (χ3v) is 5.29. The Balaban J connectivity index is 1.47. The van der Waals surface area contributed by atoms with Crippen molar-refractivity contribution in [3.8, 4) is 11.1 Å². The molecule has 1 atom stereocenters. The maximum Gasteiger partial charge on any atom is 0.247 e. The fraction of sp³-hybridized carbons (Fsp3) is 0.429. The van der Waals surface area contributed by atoms with Gasteiger partial charge >= 0.3 is 0 Å². The van der Waals surface area contributed by atoms with Gasteiger partial charge in [0.05, 0.1) is 11.9 Å². The third kappa shape index (κ3) is 3.56. The molecular formula is C21H26N6O. The number of nitrogens with zero attached hydrogens (tertiary/aromatic N) is 5. The van der Waals surface area contributed by atoms with Gasteiger partial charge in [-0.25, -0.2) is 0 Å². The number of hydrazone groups is 1. The van der Waals surface area contributed by atoms with Crippen LogP contribution in [0.3, 0.4) is 0 Å². The summed E-state index contributed by atoms with van der Waals surface area (Å²) in [7, 11) is 1.91. The number of hydrogen-bond acceptors (Lipinski definition) is 5. The monoisotopic (exact) mass is 378 g/mol. The molecule has 4 rings (SSSR count). The standard InChI is InChI=1S/C21H26N6O/c1-13(2)18-9-20(25-24-18)21(28)27-6-5-15(12-27)19-8-16(7-14(3)23-19)17-10-22-26(4)11-17/h5,7-8,10-11,13,20,25H,6,9,12H2,1-4H3. The lowest BCUT2D eigenvalue weighted by Gasteiger charge is -2.20. The van der Waals surface area contributed by atoms with E-state index in [1.807, 2.05) is 31.3 Å². The summed E-state index contributed by atoms with van der Waals surface area (Å²) in [5.41, 5.74) is 9.19. The van der Waals surface area contributed by atoms with Gasteiger partial charge in [-0.05, 0) is 36.1 Å². The molecule has 7 heteroatoms. The van der Waals surface area contributed by atoms with Crippen molar-refractivity contribution in [2.24, 2.45) is 18.1 Å². The van der Waals surface area contributed by atoms with Crippen LogP contribution in [0.5, 0.6) is 0 Å². The van der Waals surface area contributed by atoms with E-state index in [9.17, 15) is 4.79 Å². The van der Waals surface area contributed by atoms with Gasteiger partial charge in [0.1, 0.15) is 6.04 Å². The van der Waals surface area contributed by atoms with Gasteiger partial charge in [0.15, 0.2) is 0 Å². The molecule has 7 nitrogen and oxygen atoms in total. The van der Waals surface area contributed by atoms with Gasteiger partial charge in [-0.15, -0.1) is 0 Å². The molecule has 4 heterocycles. The molecule has 0 bridgehead atoms. The molecule has 1 N–H and O–H groups in total. The summed E-state index contributed by atoms with van der Waals surface area (Å²) in [6, 6.07) is 3.89. The molecule has 2 aromatic rings. The van der Waals surface area contributed by atoms with Crippen LogP contribution in [0, 0.1) is 12.8 Å². The first-order valence-electron chi connectivity index (χ1n) is 9.68. The number of hydrogen-bond donors (Lipinski definition) is 1. The molecule has 0 saturated heterocycles. The molecule has 0 aliphatic carbocycles. The van der Waals surface area contributed by atoms with Gasteiger partial charge in [-0.1, -0.05) is 19.9 Å². The zero-order valence-corrected chi connectivity index (χ0v) is 16.8. The van der Waals surface area contributed by atoms with E-state index in [2.05, 4.69) is 47.7 Å². The van der Waals surface area contributed by atoms with Crippen molar-refractivity contribution in [1.82, 2.24) is 25.1 Å². The molecule has 2 aliphatic rings. The van der Waals surface area contributed by atoms with Gasteiger partial charge in [0.25, 0.3) is 0 Å². The number of carbonyl (C=O) groups is 1. The predicted octanol–water partition coefficient (Wildman–Crippen LogP) is 2.39. The first-order valence-corrected chi connectivity index (χ1v) is 9.68. The summed E-state index contributed by atoms with van der Waals surface area (Å²) in [6.07, 6.45) is 6.65. The second-order valence-corrected chi connectivity index (χ2v) is 7.88. The van der Waals surface area contributed by atoms with E-state index in [1.165, 1.54) is 0 Å². The smallest absolute Gasteiger partial charge is 0.247 e. The minimum absolute atomic E-state index is 0.103. The highest BCUT2D eigenvalue weighted by atomic mass is 16.2. The second-order valence-electron chi connectivity index (χ2n) is 7.88. The molecule has 2 aromatic heterocycles. The fourth-order valence-corrected chi connectivity index (χ4v) is 3.67. The van der Waals surface area contributed by atoms with Crippen LogP contribution in [0.15, 0.2) is 35.7 Å². The summed E-state index contributed by atoms with van der Waals surface area (Å²) >= 11 is 0. The van der Waals surface area contributed by atoms with Crippen LogP contribution in [0.25, 0.3) is 16.7 Å². The highest BCUT2D eigenvalue weighted by Crippen LogP contribution is 2.26. The maximum atomic E-state index is 12.9. The van der Waals surface area contributed by atoms with E-state index < -0.39 is 0 Å². The van der Waals surface area contributed by atoms with E-state index in [4.69, 9.17) is 4.98 Å². The van der Waals surface area contributed by atoms with E-state index in [0.29, 0.717) is 25.4 Å². The molecule has 0 spiro atoms. The van der Waals surface area contributed by atoms with Gasteiger partial charge in [-0.2, -0.15) is 10.2 Å². The Bertz CT molecular complexity index is 971. The van der Waals surface area contributed by atoms with Crippen LogP contribution in [0.2, 0.25) is 0 Å². The van der Waals surface area contributed by atoms with Crippen molar-refractivity contribution < 1.29 is 4.79 Å². The van der Waals surface area contributed by atoms with E-state index in [0.717, 1.165) is 33.8 Å². The molecule has 2 aliphatic heterocycles. The summed E-state index contributed by atoms with van der Waals surface area (Å²) in [5.74, 6) is 0.464. The Morgan fingerprint density at radius 3 is 2.79 bits per heavy atom. The van der Waals surface area contributed by atoms with Gasteiger partial charge < -0.3 is 4.90 Å². The molecule has 0 saturated carbocycles. The lowest BCUT2D eigenvalue weighted by molar-refractivity contribution is -0.131. The first kappa shape index (κ1) is 18.4. The molecule has 1 amide bonds. The van der Waals surface area contributed by atoms with Crippen LogP contribution >= 0.6 is 0 Å². The average molecular weight is 378 g/mol. The Morgan fingerprint density at radius 1 is 1.29 bits per heavy atom. The maximum absolute atomic E-state index is 12.9. The van der Waals surface area contributed by atoms with Crippen molar-refractivity contribution in [3.05, 3.63) is 42.0 Å². The molecule has 0 fully saturated rings. The number of rotatable bonds is 4. The van der Waals surface area contributed by atoms with Crippen molar-refractivity contribution in [2.45, 2.75) is 33.2 Å². The van der Waals surface area contributed by atoms with E-state index in [1.54, 1.807) is 4.68 Å². The first-order chi connectivity index (χ1) is 13.4. The van der Waals surface area contributed by atoms with Crippen molar-refractivity contribution >= 4 is 17.2 Å². The summed E-state index contributed by atoms with van der Waals surface area (Å²) in [5, 5.41) is 8.59. The molecule has 0 radical (unpaired) electrons. The van der Waals surface area contributed by atoms with Crippen molar-refractivity contribution in [2.75, 3.05) is 13.1 Å². The number of carbonyl (C=O) groups excluding carboxylic acids is 1. The average Bonchev–Trinajstić information content (AvgIpc) is 3.40. The molecule has 1 unspecified atom stereocenters. The van der Waals surface area contributed by atoms with Crippen LogP contribution in [-0.2, 0) is 11.8 Å². The van der Waals surface area contributed by atoms with Crippen LogP contribution in [-0.4, -0.2) is 50.4 Å². The molecule has 146 valence electrons. The van der Waals surface area contributed by atoms with Gasteiger partial charge in [0, 0.05) is 49.7 Å². The highest BCUT2D eigenvalue weighted by molar-refractivity contribution is 5.95. The fourth-order valence-electron chi connectivity index (χ4n) is 3.67. The summed E-state index contributed by atoms with van der Waals surface area (Å²) < 4.78 is 1.79. The summed E-state index contributed by atoms with van der Waals surface area (Å²) in [6.45, 7) is 7.39. The van der Waals surface area contributed by atoms with Crippen LogP contribution in [0.1, 0.15) is 31.7 Å². The number of pyridine rings is 1. The van der Waals surface area contributed by atoms with Gasteiger partial charge in [0.2, 0.25) is 5.91 Å². The predicted molar refractivity (Wildman–Crippen MR) is 110 cm³/mol. The number of amides is 1. The van der Waals surface area contributed by atoms with Crippen molar-refractivity contribution in [1.29, 1.82) is 0 Å². The Kier molecular flexibility index (Phi) is 4.75. The normalized spacial score (nSPS) is 19.0. The lowest BCUT2D eigenvalue weighted by atomic mass is 10.0. The summed E-state index contributed by atoms with van der Waals surface area (Å²) in [4.78, 5) is 19.5. The number of aryl methyl sites for hydroxylation is 2. The molecule has 28 heavy (non-hydrogen) atoms. The zero-order chi connectivity index (χ0) is 19.8. The van der Waals surface area contributed by atoms with Crippen LogP contribution < -0.4 is 5.43 Å². The topological polar surface area (TPSA) is 75.4 Å². The third-order valence-electron chi connectivity index (χ3n) is 5.29. The highest BCUT2D eigenvalue weighted by Gasteiger charge is 2.32. The van der Waals surface area contributed by atoms with Crippen molar-refractivity contribution in [3.63, 3.8) is 0 Å². The zero-order valence-electron chi connectivity index (χ0n) is 16.8. The number of nitrogens with one attached hydrogen (secondary N) is 1. The Hall–Kier alpha value is -2.96. The quantitative estimate of drug-likeness (QED) is 0.886. The Morgan fingerprint density at radius 2 is 2.11 bits per heavy atom.